The van der Waals surface area contributed by atoms with E-state index in [1.165, 1.54) is 0 Å². The van der Waals surface area contributed by atoms with Crippen molar-refractivity contribution in [2.45, 2.75) is 31.7 Å². The van der Waals surface area contributed by atoms with E-state index < -0.39 is 0 Å². The van der Waals surface area contributed by atoms with Crippen LogP contribution in [0.3, 0.4) is 0 Å². The van der Waals surface area contributed by atoms with E-state index in [1.54, 1.807) is 0 Å². The van der Waals surface area contributed by atoms with Gasteiger partial charge in [0.25, 0.3) is 0 Å². The molecule has 0 radical (unpaired) electrons. The van der Waals surface area contributed by atoms with E-state index in [4.69, 9.17) is 12.2 Å². The molecule has 5 nitrogen and oxygen atoms in total. The molecule has 3 rings (SSSR count). The predicted molar refractivity (Wildman–Crippen MR) is 75.5 cm³/mol. The maximum absolute atomic E-state index is 12.0. The van der Waals surface area contributed by atoms with Crippen LogP contribution >= 0.6 is 12.2 Å². The van der Waals surface area contributed by atoms with E-state index in [1.807, 2.05) is 12.1 Å². The smallest absolute Gasteiger partial charge is 0.223 e. The van der Waals surface area contributed by atoms with Gasteiger partial charge < -0.3 is 10.2 Å². The number of hydrogen-bond donors (Lipinski definition) is 2. The second kappa shape index (κ2) is 5.28. The molecule has 1 aliphatic carbocycles. The van der Waals surface area contributed by atoms with Gasteiger partial charge in [0, 0.05) is 25.0 Å². The largest absolute Gasteiger partial charge is 0.355 e. The minimum absolute atomic E-state index is 0.166. The van der Waals surface area contributed by atoms with Gasteiger partial charge in [-0.3, -0.25) is 9.89 Å². The van der Waals surface area contributed by atoms with Gasteiger partial charge in [-0.25, -0.2) is 0 Å². The molecule has 2 fully saturated rings. The lowest BCUT2D eigenvalue weighted by Crippen LogP contribution is -2.41. The fraction of sp³-hybridized carbons (Fsp3) is 0.615. The Hall–Kier alpha value is -1.43. The number of carbonyl (C=O) groups excluding carboxylic acids is 1. The Balaban J connectivity index is 1.55. The molecule has 1 aromatic heterocycles. The Morgan fingerprint density at radius 1 is 1.32 bits per heavy atom. The summed E-state index contributed by atoms with van der Waals surface area (Å²) in [5.74, 6) is 1.32. The van der Waals surface area contributed by atoms with E-state index in [0.29, 0.717) is 10.7 Å². The summed E-state index contributed by atoms with van der Waals surface area (Å²) in [5, 5.41) is 10.1. The third kappa shape index (κ3) is 3.12. The van der Waals surface area contributed by atoms with Crippen molar-refractivity contribution in [1.29, 1.82) is 0 Å². The summed E-state index contributed by atoms with van der Waals surface area (Å²) in [4.78, 5) is 14.2. The van der Waals surface area contributed by atoms with Crippen molar-refractivity contribution in [3.8, 4) is 0 Å². The number of aromatic nitrogens is 2. The number of nitrogens with one attached hydrogen (secondary N) is 2. The zero-order valence-electron chi connectivity index (χ0n) is 10.8. The molecule has 0 spiro atoms. The van der Waals surface area contributed by atoms with Gasteiger partial charge in [-0.1, -0.05) is 12.2 Å². The van der Waals surface area contributed by atoms with Gasteiger partial charge >= 0.3 is 0 Å². The lowest BCUT2D eigenvalue weighted by molar-refractivity contribution is -0.125. The molecule has 2 aliphatic rings. The van der Waals surface area contributed by atoms with Crippen LogP contribution in [-0.4, -0.2) is 35.2 Å². The molecule has 2 N–H and O–H groups in total. The number of anilines is 1. The second-order valence-electron chi connectivity index (χ2n) is 5.32. The normalized spacial score (nSPS) is 20.3. The number of H-pyrrole nitrogens is 1. The molecule has 0 aromatic carbocycles. The zero-order chi connectivity index (χ0) is 13.2. The molecule has 1 aliphatic heterocycles. The molecule has 102 valence electrons. The minimum atomic E-state index is 0.166. The fourth-order valence-electron chi connectivity index (χ4n) is 2.43. The van der Waals surface area contributed by atoms with Crippen LogP contribution in [0.15, 0.2) is 12.1 Å². The highest BCUT2D eigenvalue weighted by molar-refractivity contribution is 7.71. The van der Waals surface area contributed by atoms with Gasteiger partial charge in [0.05, 0.1) is 0 Å². The summed E-state index contributed by atoms with van der Waals surface area (Å²) in [6.45, 7) is 1.75. The first-order valence-corrected chi connectivity index (χ1v) is 7.24. The average Bonchev–Trinajstić information content (AvgIpc) is 3.24. The molecule has 0 unspecified atom stereocenters. The van der Waals surface area contributed by atoms with Crippen LogP contribution in [-0.2, 0) is 4.79 Å². The lowest BCUT2D eigenvalue weighted by atomic mass is 9.96. The molecule has 19 heavy (non-hydrogen) atoms. The van der Waals surface area contributed by atoms with Crippen LogP contribution in [0.25, 0.3) is 0 Å². The highest BCUT2D eigenvalue weighted by Crippen LogP contribution is 2.24. The van der Waals surface area contributed by atoms with Gasteiger partial charge in [0.15, 0.2) is 0 Å². The first-order chi connectivity index (χ1) is 9.22. The van der Waals surface area contributed by atoms with Gasteiger partial charge in [0.2, 0.25) is 5.91 Å². The summed E-state index contributed by atoms with van der Waals surface area (Å²) in [7, 11) is 0. The highest BCUT2D eigenvalue weighted by atomic mass is 32.1. The van der Waals surface area contributed by atoms with E-state index >= 15 is 0 Å². The number of piperidine rings is 1. The SMILES string of the molecule is O=C(NC1CC1)C1CCN(c2ccc(=S)[nH]n2)CC1. The van der Waals surface area contributed by atoms with Crippen molar-refractivity contribution in [3.05, 3.63) is 16.8 Å². The number of nitrogens with zero attached hydrogens (tertiary/aromatic N) is 2. The standard InChI is InChI=1S/C13H18N4OS/c18-13(14-10-1-2-10)9-5-7-17(8-6-9)11-3-4-12(19)16-15-11/h3-4,9-10H,1-2,5-8H2,(H,14,18)(H,16,19). The maximum atomic E-state index is 12.0. The molecule has 1 saturated heterocycles. The van der Waals surface area contributed by atoms with Crippen molar-refractivity contribution in [2.75, 3.05) is 18.0 Å². The lowest BCUT2D eigenvalue weighted by Gasteiger charge is -2.31. The number of carbonyl (C=O) groups is 1. The van der Waals surface area contributed by atoms with E-state index in [0.717, 1.165) is 44.6 Å². The first kappa shape index (κ1) is 12.6. The Bertz CT molecular complexity index is 497. The van der Waals surface area contributed by atoms with Gasteiger partial charge in [-0.05, 0) is 37.8 Å². The fourth-order valence-corrected chi connectivity index (χ4v) is 2.54. The quantitative estimate of drug-likeness (QED) is 0.825. The first-order valence-electron chi connectivity index (χ1n) is 6.83. The molecule has 1 amide bonds. The molecule has 1 saturated carbocycles. The second-order valence-corrected chi connectivity index (χ2v) is 5.76. The van der Waals surface area contributed by atoms with Crippen molar-refractivity contribution in [2.24, 2.45) is 5.92 Å². The molecule has 0 bridgehead atoms. The van der Waals surface area contributed by atoms with Crippen LogP contribution in [0.5, 0.6) is 0 Å². The summed E-state index contributed by atoms with van der Waals surface area (Å²) in [6.07, 6.45) is 4.10. The Morgan fingerprint density at radius 2 is 2.05 bits per heavy atom. The molecule has 0 atom stereocenters. The van der Waals surface area contributed by atoms with Crippen LogP contribution in [0.2, 0.25) is 0 Å². The summed E-state index contributed by atoms with van der Waals surface area (Å²) >= 11 is 4.98. The van der Waals surface area contributed by atoms with Gasteiger partial charge in [0.1, 0.15) is 10.5 Å². The minimum Gasteiger partial charge on any atom is -0.355 e. The Kier molecular flexibility index (Phi) is 3.50. The van der Waals surface area contributed by atoms with E-state index in [2.05, 4.69) is 20.4 Å². The highest BCUT2D eigenvalue weighted by Gasteiger charge is 2.30. The van der Waals surface area contributed by atoms with Crippen LogP contribution < -0.4 is 10.2 Å². The van der Waals surface area contributed by atoms with Crippen molar-refractivity contribution < 1.29 is 4.79 Å². The summed E-state index contributed by atoms with van der Waals surface area (Å²) in [6, 6.07) is 4.24. The van der Waals surface area contributed by atoms with Crippen LogP contribution in [0.4, 0.5) is 5.82 Å². The third-order valence-corrected chi connectivity index (χ3v) is 4.01. The van der Waals surface area contributed by atoms with Crippen molar-refractivity contribution in [1.82, 2.24) is 15.5 Å². The van der Waals surface area contributed by atoms with E-state index in [9.17, 15) is 4.79 Å². The third-order valence-electron chi connectivity index (χ3n) is 3.78. The number of aromatic amines is 1. The number of rotatable bonds is 3. The molecule has 2 heterocycles. The van der Waals surface area contributed by atoms with Gasteiger partial charge in [-0.2, -0.15) is 5.10 Å². The van der Waals surface area contributed by atoms with Gasteiger partial charge in [-0.15, -0.1) is 0 Å². The molecular formula is C13H18N4OS. The Morgan fingerprint density at radius 3 is 2.63 bits per heavy atom. The average molecular weight is 278 g/mol. The predicted octanol–water partition coefficient (Wildman–Crippen LogP) is 1.63. The van der Waals surface area contributed by atoms with Crippen LogP contribution in [0, 0.1) is 10.6 Å². The van der Waals surface area contributed by atoms with Crippen molar-refractivity contribution >= 4 is 23.9 Å². The monoisotopic (exact) mass is 278 g/mol. The maximum Gasteiger partial charge on any atom is 0.223 e. The number of hydrogen-bond acceptors (Lipinski definition) is 4. The topological polar surface area (TPSA) is 61.0 Å². The van der Waals surface area contributed by atoms with Crippen LogP contribution in [0.1, 0.15) is 25.7 Å². The zero-order valence-corrected chi connectivity index (χ0v) is 11.6. The summed E-state index contributed by atoms with van der Waals surface area (Å²) < 4.78 is 0.641. The molecule has 1 aromatic rings. The summed E-state index contributed by atoms with van der Waals surface area (Å²) in [5.41, 5.74) is 0. The molecular weight excluding hydrogens is 260 g/mol. The Labute approximate surface area is 117 Å². The molecule has 6 heteroatoms. The number of amides is 1. The van der Waals surface area contributed by atoms with E-state index in [-0.39, 0.29) is 11.8 Å². The van der Waals surface area contributed by atoms with Crippen molar-refractivity contribution in [3.63, 3.8) is 0 Å².